The van der Waals surface area contributed by atoms with Gasteiger partial charge in [0.25, 0.3) is 0 Å². The molecule has 2 N–H and O–H groups in total. The predicted molar refractivity (Wildman–Crippen MR) is 68.7 cm³/mol. The van der Waals surface area contributed by atoms with E-state index in [1.165, 1.54) is 18.6 Å². The molecule has 98 valence electrons. The van der Waals surface area contributed by atoms with Gasteiger partial charge in [0.15, 0.2) is 0 Å². The van der Waals surface area contributed by atoms with E-state index in [1.54, 1.807) is 0 Å². The number of hydrogen-bond donors (Lipinski definition) is 2. The molecule has 1 aliphatic heterocycles. The molecule has 2 nitrogen and oxygen atoms in total. The van der Waals surface area contributed by atoms with Crippen LogP contribution in [0.2, 0.25) is 0 Å². The van der Waals surface area contributed by atoms with E-state index < -0.39 is 5.60 Å². The Balaban J connectivity index is 1.88. The average Bonchev–Trinajstić information content (AvgIpc) is 2.38. The van der Waals surface area contributed by atoms with Crippen LogP contribution in [0.15, 0.2) is 24.3 Å². The molecule has 1 aromatic rings. The van der Waals surface area contributed by atoms with E-state index in [-0.39, 0.29) is 17.8 Å². The maximum atomic E-state index is 13.0. The third-order valence-electron chi connectivity index (χ3n) is 4.62. The Morgan fingerprint density at radius 3 is 2.72 bits per heavy atom. The highest BCUT2D eigenvalue weighted by atomic mass is 19.1. The molecule has 2 aliphatic rings. The molecule has 0 amide bonds. The van der Waals surface area contributed by atoms with Gasteiger partial charge in [-0.05, 0) is 43.5 Å². The first-order chi connectivity index (χ1) is 8.69. The molecule has 1 heterocycles. The average molecular weight is 249 g/mol. The maximum absolute atomic E-state index is 13.0. The monoisotopic (exact) mass is 249 g/mol. The minimum Gasteiger partial charge on any atom is -0.389 e. The molecule has 0 unspecified atom stereocenters. The van der Waals surface area contributed by atoms with Gasteiger partial charge in [0.05, 0.1) is 5.60 Å². The highest BCUT2D eigenvalue weighted by Gasteiger charge is 2.45. The van der Waals surface area contributed by atoms with Crippen molar-refractivity contribution in [1.29, 1.82) is 0 Å². The number of fused-ring (bicyclic) bond motifs is 1. The van der Waals surface area contributed by atoms with Crippen molar-refractivity contribution in [3.8, 4) is 0 Å². The van der Waals surface area contributed by atoms with Crippen LogP contribution in [0.25, 0.3) is 0 Å². The highest BCUT2D eigenvalue weighted by Crippen LogP contribution is 2.45. The normalized spacial score (nSPS) is 36.1. The number of piperidine rings is 1. The molecule has 1 saturated carbocycles. The van der Waals surface area contributed by atoms with Crippen LogP contribution < -0.4 is 5.32 Å². The van der Waals surface area contributed by atoms with Crippen LogP contribution in [-0.2, 0) is 0 Å². The number of nitrogens with one attached hydrogen (secondary N) is 1. The summed E-state index contributed by atoms with van der Waals surface area (Å²) in [6.07, 6.45) is 5.13. The molecule has 0 spiro atoms. The third kappa shape index (κ3) is 2.06. The summed E-state index contributed by atoms with van der Waals surface area (Å²) in [4.78, 5) is 0. The first-order valence-corrected chi connectivity index (χ1v) is 6.90. The molecular formula is C15H20FNO. The first kappa shape index (κ1) is 12.1. The van der Waals surface area contributed by atoms with E-state index in [1.807, 2.05) is 12.1 Å². The standard InChI is InChI=1S/C15H20FNO/c16-12-6-4-11(5-7-12)14-13-3-1-2-8-15(13,18)9-10-17-14/h4-7,13-14,17-18H,1-3,8-10H2/t13-,14+,15-/m1/s1. The van der Waals surface area contributed by atoms with Crippen molar-refractivity contribution >= 4 is 0 Å². The summed E-state index contributed by atoms with van der Waals surface area (Å²) >= 11 is 0. The van der Waals surface area contributed by atoms with E-state index in [4.69, 9.17) is 0 Å². The lowest BCUT2D eigenvalue weighted by molar-refractivity contribution is -0.0861. The Labute approximate surface area is 107 Å². The molecule has 3 heteroatoms. The lowest BCUT2D eigenvalue weighted by Crippen LogP contribution is -2.53. The van der Waals surface area contributed by atoms with Crippen LogP contribution in [0, 0.1) is 11.7 Å². The van der Waals surface area contributed by atoms with Gasteiger partial charge in [-0.2, -0.15) is 0 Å². The topological polar surface area (TPSA) is 32.3 Å². The lowest BCUT2D eigenvalue weighted by Gasteiger charge is -2.48. The Morgan fingerprint density at radius 1 is 1.17 bits per heavy atom. The second-order valence-corrected chi connectivity index (χ2v) is 5.69. The van der Waals surface area contributed by atoms with Crippen LogP contribution in [-0.4, -0.2) is 17.3 Å². The molecule has 2 fully saturated rings. The summed E-state index contributed by atoms with van der Waals surface area (Å²) in [5.41, 5.74) is 0.587. The molecular weight excluding hydrogens is 229 g/mol. The molecule has 1 aromatic carbocycles. The zero-order valence-corrected chi connectivity index (χ0v) is 10.5. The molecule has 1 aliphatic carbocycles. The summed E-state index contributed by atoms with van der Waals surface area (Å²) in [5, 5.41) is 14.3. The third-order valence-corrected chi connectivity index (χ3v) is 4.62. The molecule has 3 rings (SSSR count). The van der Waals surface area contributed by atoms with E-state index >= 15 is 0 Å². The molecule has 0 radical (unpaired) electrons. The minimum absolute atomic E-state index is 0.171. The van der Waals surface area contributed by atoms with Crippen LogP contribution in [0.4, 0.5) is 4.39 Å². The summed E-state index contributed by atoms with van der Waals surface area (Å²) in [5.74, 6) is 0.0685. The van der Waals surface area contributed by atoms with Crippen LogP contribution in [0.1, 0.15) is 43.7 Å². The van der Waals surface area contributed by atoms with Crippen molar-refractivity contribution in [2.45, 2.75) is 43.7 Å². The predicted octanol–water partition coefficient (Wildman–Crippen LogP) is 2.78. The van der Waals surface area contributed by atoms with Gasteiger partial charge in [0, 0.05) is 12.0 Å². The molecule has 3 atom stereocenters. The second kappa shape index (κ2) is 4.63. The summed E-state index contributed by atoms with van der Waals surface area (Å²) in [7, 11) is 0. The number of benzene rings is 1. The zero-order chi connectivity index (χ0) is 12.6. The van der Waals surface area contributed by atoms with Crippen molar-refractivity contribution in [3.05, 3.63) is 35.6 Å². The van der Waals surface area contributed by atoms with Gasteiger partial charge in [-0.3, -0.25) is 0 Å². The van der Waals surface area contributed by atoms with Gasteiger partial charge in [-0.1, -0.05) is 25.0 Å². The number of hydrogen-bond acceptors (Lipinski definition) is 2. The van der Waals surface area contributed by atoms with Crippen molar-refractivity contribution in [1.82, 2.24) is 5.32 Å². The van der Waals surface area contributed by atoms with Crippen LogP contribution >= 0.6 is 0 Å². The van der Waals surface area contributed by atoms with Crippen molar-refractivity contribution in [2.75, 3.05) is 6.54 Å². The largest absolute Gasteiger partial charge is 0.389 e. The summed E-state index contributed by atoms with van der Waals surface area (Å²) in [6.45, 7) is 0.842. The molecule has 18 heavy (non-hydrogen) atoms. The summed E-state index contributed by atoms with van der Waals surface area (Å²) < 4.78 is 13.0. The quantitative estimate of drug-likeness (QED) is 0.802. The van der Waals surface area contributed by atoms with Gasteiger partial charge < -0.3 is 10.4 Å². The Kier molecular flexibility index (Phi) is 3.12. The second-order valence-electron chi connectivity index (χ2n) is 5.69. The minimum atomic E-state index is -0.511. The number of rotatable bonds is 1. The fourth-order valence-electron chi connectivity index (χ4n) is 3.64. The van der Waals surface area contributed by atoms with Gasteiger partial charge in [-0.25, -0.2) is 4.39 Å². The van der Waals surface area contributed by atoms with Crippen molar-refractivity contribution in [3.63, 3.8) is 0 Å². The lowest BCUT2D eigenvalue weighted by atomic mass is 9.67. The van der Waals surface area contributed by atoms with Crippen molar-refractivity contribution in [2.24, 2.45) is 5.92 Å². The number of halogens is 1. The summed E-state index contributed by atoms with van der Waals surface area (Å²) in [6, 6.07) is 6.87. The smallest absolute Gasteiger partial charge is 0.123 e. The first-order valence-electron chi connectivity index (χ1n) is 6.90. The Hall–Kier alpha value is -0.930. The SMILES string of the molecule is O[C@@]12CCCC[C@@H]1[C@H](c1ccc(F)cc1)NCC2. The van der Waals surface area contributed by atoms with Crippen LogP contribution in [0.5, 0.6) is 0 Å². The maximum Gasteiger partial charge on any atom is 0.123 e. The van der Waals surface area contributed by atoms with E-state index in [0.717, 1.165) is 37.8 Å². The Morgan fingerprint density at radius 2 is 1.94 bits per heavy atom. The van der Waals surface area contributed by atoms with Crippen LogP contribution in [0.3, 0.4) is 0 Å². The van der Waals surface area contributed by atoms with Gasteiger partial charge in [0.1, 0.15) is 5.82 Å². The zero-order valence-electron chi connectivity index (χ0n) is 10.5. The van der Waals surface area contributed by atoms with E-state index in [9.17, 15) is 9.50 Å². The van der Waals surface area contributed by atoms with E-state index in [0.29, 0.717) is 0 Å². The van der Waals surface area contributed by atoms with Gasteiger partial charge >= 0.3 is 0 Å². The molecule has 1 saturated heterocycles. The molecule has 0 bridgehead atoms. The van der Waals surface area contributed by atoms with Gasteiger partial charge in [0.2, 0.25) is 0 Å². The highest BCUT2D eigenvalue weighted by molar-refractivity contribution is 5.23. The number of aliphatic hydroxyl groups is 1. The molecule has 0 aromatic heterocycles. The Bertz CT molecular complexity index is 415. The van der Waals surface area contributed by atoms with E-state index in [2.05, 4.69) is 5.32 Å². The van der Waals surface area contributed by atoms with Gasteiger partial charge in [-0.15, -0.1) is 0 Å². The fourth-order valence-corrected chi connectivity index (χ4v) is 3.64. The fraction of sp³-hybridized carbons (Fsp3) is 0.600. The van der Waals surface area contributed by atoms with Crippen molar-refractivity contribution < 1.29 is 9.50 Å².